The molecule has 2 aromatic carbocycles. The van der Waals surface area contributed by atoms with Crippen LogP contribution in [0.1, 0.15) is 0 Å². The van der Waals surface area contributed by atoms with E-state index in [9.17, 15) is 8.42 Å². The van der Waals surface area contributed by atoms with Crippen molar-refractivity contribution in [1.29, 1.82) is 0 Å². The zero-order valence-electron chi connectivity index (χ0n) is 12.4. The highest BCUT2D eigenvalue weighted by Gasteiger charge is 2.19. The Bertz CT molecular complexity index is 951. The van der Waals surface area contributed by atoms with Gasteiger partial charge in [-0.25, -0.2) is 8.42 Å². The number of rotatable bonds is 5. The largest absolute Gasteiger partial charge is 0.493 e. The number of anilines is 1. The van der Waals surface area contributed by atoms with Gasteiger partial charge in [-0.2, -0.15) is 4.37 Å². The summed E-state index contributed by atoms with van der Waals surface area (Å²) in [6, 6.07) is 11.8. The number of nitrogens with zero attached hydrogens (tertiary/aromatic N) is 1. The normalized spacial score (nSPS) is 11.4. The Balaban J connectivity index is 1.99. The van der Waals surface area contributed by atoms with E-state index >= 15 is 0 Å². The Morgan fingerprint density at radius 2 is 1.78 bits per heavy atom. The summed E-state index contributed by atoms with van der Waals surface area (Å²) < 4.78 is 42.2. The van der Waals surface area contributed by atoms with Crippen LogP contribution in [0.2, 0.25) is 0 Å². The Kier molecular flexibility index (Phi) is 4.10. The monoisotopic (exact) mass is 350 g/mol. The average Bonchev–Trinajstić information content (AvgIpc) is 2.96. The van der Waals surface area contributed by atoms with Gasteiger partial charge in [-0.3, -0.25) is 4.72 Å². The Labute approximate surface area is 137 Å². The molecule has 0 saturated heterocycles. The van der Waals surface area contributed by atoms with Gasteiger partial charge in [0.1, 0.15) is 5.00 Å². The third-order valence-electron chi connectivity index (χ3n) is 3.28. The summed E-state index contributed by atoms with van der Waals surface area (Å²) in [6.45, 7) is 0. The van der Waals surface area contributed by atoms with Crippen molar-refractivity contribution in [2.24, 2.45) is 0 Å². The molecule has 1 N–H and O–H groups in total. The summed E-state index contributed by atoms with van der Waals surface area (Å²) in [6.07, 6.45) is 0. The lowest BCUT2D eigenvalue weighted by Crippen LogP contribution is -2.12. The second kappa shape index (κ2) is 6.05. The topological polar surface area (TPSA) is 77.5 Å². The molecule has 6 nitrogen and oxygen atoms in total. The summed E-state index contributed by atoms with van der Waals surface area (Å²) in [5, 5.41) is 1.25. The quantitative estimate of drug-likeness (QED) is 0.765. The van der Waals surface area contributed by atoms with Gasteiger partial charge in [0.15, 0.2) is 11.5 Å². The van der Waals surface area contributed by atoms with Gasteiger partial charge in [-0.15, -0.1) is 0 Å². The fourth-order valence-electron chi connectivity index (χ4n) is 2.13. The lowest BCUT2D eigenvalue weighted by molar-refractivity contribution is 0.354. The molecule has 23 heavy (non-hydrogen) atoms. The molecule has 0 saturated carbocycles. The fraction of sp³-hybridized carbons (Fsp3) is 0.133. The number of ether oxygens (including phenoxy) is 2. The van der Waals surface area contributed by atoms with Crippen molar-refractivity contribution in [3.63, 3.8) is 0 Å². The van der Waals surface area contributed by atoms with E-state index in [-0.39, 0.29) is 4.90 Å². The van der Waals surface area contributed by atoms with Crippen LogP contribution >= 0.6 is 11.5 Å². The molecule has 0 fully saturated rings. The van der Waals surface area contributed by atoms with E-state index in [1.165, 1.54) is 26.4 Å². The molecule has 1 heterocycles. The van der Waals surface area contributed by atoms with Crippen LogP contribution in [0.4, 0.5) is 5.00 Å². The van der Waals surface area contributed by atoms with Gasteiger partial charge < -0.3 is 9.47 Å². The Morgan fingerprint density at radius 1 is 1.04 bits per heavy atom. The minimum absolute atomic E-state index is 0.0904. The van der Waals surface area contributed by atoms with Gasteiger partial charge in [0.2, 0.25) is 0 Å². The van der Waals surface area contributed by atoms with Crippen molar-refractivity contribution in [2.45, 2.75) is 4.90 Å². The van der Waals surface area contributed by atoms with Crippen LogP contribution in [0, 0.1) is 0 Å². The molecular formula is C15H14N2O4S2. The number of fused-ring (bicyclic) bond motifs is 1. The molecular weight excluding hydrogens is 336 g/mol. The molecule has 0 aliphatic rings. The number of benzene rings is 2. The van der Waals surface area contributed by atoms with Gasteiger partial charge >= 0.3 is 0 Å². The van der Waals surface area contributed by atoms with Crippen molar-refractivity contribution in [2.75, 3.05) is 18.9 Å². The third kappa shape index (κ3) is 2.95. The van der Waals surface area contributed by atoms with Crippen LogP contribution in [-0.2, 0) is 10.0 Å². The Morgan fingerprint density at radius 3 is 2.52 bits per heavy atom. The SMILES string of the molecule is COc1ccc(S(=O)(=O)Nc2snc3ccccc23)cc1OC. The second-order valence-electron chi connectivity index (χ2n) is 4.65. The summed E-state index contributed by atoms with van der Waals surface area (Å²) in [4.78, 5) is 0.0904. The van der Waals surface area contributed by atoms with E-state index in [0.29, 0.717) is 16.5 Å². The van der Waals surface area contributed by atoms with E-state index < -0.39 is 10.0 Å². The zero-order valence-corrected chi connectivity index (χ0v) is 14.1. The van der Waals surface area contributed by atoms with Crippen molar-refractivity contribution in [1.82, 2.24) is 4.37 Å². The predicted molar refractivity (Wildman–Crippen MR) is 90.0 cm³/mol. The van der Waals surface area contributed by atoms with Gasteiger partial charge in [-0.05, 0) is 35.8 Å². The van der Waals surface area contributed by atoms with Crippen molar-refractivity contribution in [3.8, 4) is 11.5 Å². The second-order valence-corrected chi connectivity index (χ2v) is 7.11. The number of hydrogen-bond donors (Lipinski definition) is 1. The molecule has 8 heteroatoms. The lowest BCUT2D eigenvalue weighted by atomic mass is 10.2. The average molecular weight is 350 g/mol. The molecule has 0 unspecified atom stereocenters. The highest BCUT2D eigenvalue weighted by molar-refractivity contribution is 7.93. The summed E-state index contributed by atoms with van der Waals surface area (Å²) in [7, 11) is -0.797. The minimum atomic E-state index is -3.75. The van der Waals surface area contributed by atoms with Crippen LogP contribution in [0.25, 0.3) is 10.9 Å². The maximum absolute atomic E-state index is 12.6. The summed E-state index contributed by atoms with van der Waals surface area (Å²) in [5.74, 6) is 0.819. The van der Waals surface area contributed by atoms with Crippen LogP contribution in [0.15, 0.2) is 47.4 Å². The molecule has 3 rings (SSSR count). The maximum atomic E-state index is 12.6. The number of aromatic nitrogens is 1. The maximum Gasteiger partial charge on any atom is 0.262 e. The number of methoxy groups -OCH3 is 2. The van der Waals surface area contributed by atoms with E-state index in [2.05, 4.69) is 9.10 Å². The predicted octanol–water partition coefficient (Wildman–Crippen LogP) is 3.11. The van der Waals surface area contributed by atoms with Crippen LogP contribution in [0.5, 0.6) is 11.5 Å². The van der Waals surface area contributed by atoms with Crippen molar-refractivity contribution >= 4 is 37.5 Å². The molecule has 3 aromatic rings. The first-order valence-electron chi connectivity index (χ1n) is 6.64. The fourth-order valence-corrected chi connectivity index (χ4v) is 4.21. The van der Waals surface area contributed by atoms with Gasteiger partial charge in [0.25, 0.3) is 10.0 Å². The molecule has 120 valence electrons. The first-order chi connectivity index (χ1) is 11.0. The highest BCUT2D eigenvalue weighted by Crippen LogP contribution is 2.32. The van der Waals surface area contributed by atoms with Crippen LogP contribution < -0.4 is 14.2 Å². The molecule has 0 aliphatic carbocycles. The van der Waals surface area contributed by atoms with Gasteiger partial charge in [0.05, 0.1) is 24.6 Å². The molecule has 1 aromatic heterocycles. The van der Waals surface area contributed by atoms with E-state index in [0.717, 1.165) is 22.4 Å². The standard InChI is InChI=1S/C15H14N2O4S2/c1-20-13-8-7-10(9-14(13)21-2)23(18,19)17-15-11-5-3-4-6-12(11)16-22-15/h3-9,17H,1-2H3. The third-order valence-corrected chi connectivity index (χ3v) is 5.55. The Hall–Kier alpha value is -2.32. The molecule has 0 spiro atoms. The number of sulfonamides is 1. The van der Waals surface area contributed by atoms with Crippen molar-refractivity contribution < 1.29 is 17.9 Å². The highest BCUT2D eigenvalue weighted by atomic mass is 32.2. The van der Waals surface area contributed by atoms with E-state index in [1.54, 1.807) is 6.07 Å². The smallest absolute Gasteiger partial charge is 0.262 e. The minimum Gasteiger partial charge on any atom is -0.493 e. The van der Waals surface area contributed by atoms with E-state index in [1.807, 2.05) is 24.3 Å². The molecule has 0 radical (unpaired) electrons. The molecule has 0 bridgehead atoms. The molecule has 0 atom stereocenters. The summed E-state index contributed by atoms with van der Waals surface area (Å²) in [5.41, 5.74) is 0.752. The van der Waals surface area contributed by atoms with Crippen LogP contribution in [0.3, 0.4) is 0 Å². The number of nitrogens with one attached hydrogen (secondary N) is 1. The van der Waals surface area contributed by atoms with Gasteiger partial charge in [0, 0.05) is 11.5 Å². The zero-order chi connectivity index (χ0) is 16.4. The molecule has 0 amide bonds. The van der Waals surface area contributed by atoms with E-state index in [4.69, 9.17) is 9.47 Å². The first kappa shape index (κ1) is 15.6. The van der Waals surface area contributed by atoms with Crippen LogP contribution in [-0.4, -0.2) is 27.0 Å². The molecule has 0 aliphatic heterocycles. The summed E-state index contributed by atoms with van der Waals surface area (Å²) >= 11 is 1.11. The number of hydrogen-bond acceptors (Lipinski definition) is 6. The van der Waals surface area contributed by atoms with Crippen molar-refractivity contribution in [3.05, 3.63) is 42.5 Å². The first-order valence-corrected chi connectivity index (χ1v) is 8.90. The van der Waals surface area contributed by atoms with Gasteiger partial charge in [-0.1, -0.05) is 12.1 Å². The lowest BCUT2D eigenvalue weighted by Gasteiger charge is -2.10.